The van der Waals surface area contributed by atoms with Crippen LogP contribution in [0.25, 0.3) is 0 Å². The summed E-state index contributed by atoms with van der Waals surface area (Å²) in [5.41, 5.74) is 1.23. The fraction of sp³-hybridized carbons (Fsp3) is 0.438. The molecule has 1 fully saturated rings. The normalized spacial score (nSPS) is 22.1. The van der Waals surface area contributed by atoms with E-state index in [1.165, 1.54) is 17.1 Å². The Morgan fingerprint density at radius 3 is 2.74 bits per heavy atom. The Kier molecular flexibility index (Phi) is 4.38. The van der Waals surface area contributed by atoms with E-state index in [-0.39, 0.29) is 23.7 Å². The van der Waals surface area contributed by atoms with E-state index in [9.17, 15) is 14.0 Å². The number of halogens is 1. The van der Waals surface area contributed by atoms with Crippen LogP contribution in [0.5, 0.6) is 0 Å². The minimum atomic E-state index is -0.304. The van der Waals surface area contributed by atoms with Gasteiger partial charge in [-0.1, -0.05) is 12.1 Å². The van der Waals surface area contributed by atoms with Gasteiger partial charge < -0.3 is 9.64 Å². The molecule has 0 aromatic heterocycles. The van der Waals surface area contributed by atoms with Crippen LogP contribution in [0.3, 0.4) is 0 Å². The van der Waals surface area contributed by atoms with Crippen molar-refractivity contribution in [3.05, 3.63) is 35.6 Å². The molecule has 2 heterocycles. The number of morpholine rings is 1. The fourth-order valence-corrected chi connectivity index (χ4v) is 2.72. The van der Waals surface area contributed by atoms with Gasteiger partial charge in [0.2, 0.25) is 5.91 Å². The monoisotopic (exact) mass is 319 g/mol. The van der Waals surface area contributed by atoms with Crippen molar-refractivity contribution in [1.29, 1.82) is 0 Å². The molecule has 0 saturated carbocycles. The molecule has 122 valence electrons. The van der Waals surface area contributed by atoms with Crippen LogP contribution in [-0.4, -0.2) is 54.2 Å². The molecule has 1 saturated heterocycles. The third kappa shape index (κ3) is 3.39. The summed E-state index contributed by atoms with van der Waals surface area (Å²) in [4.78, 5) is 25.7. The van der Waals surface area contributed by atoms with E-state index in [2.05, 4.69) is 5.10 Å². The van der Waals surface area contributed by atoms with Crippen molar-refractivity contribution in [2.75, 3.05) is 26.7 Å². The lowest BCUT2D eigenvalue weighted by molar-refractivity contribution is -0.133. The zero-order chi connectivity index (χ0) is 16.4. The average molecular weight is 319 g/mol. The van der Waals surface area contributed by atoms with Gasteiger partial charge in [-0.05, 0) is 17.7 Å². The van der Waals surface area contributed by atoms with E-state index >= 15 is 0 Å². The van der Waals surface area contributed by atoms with Crippen LogP contribution in [-0.2, 0) is 14.3 Å². The van der Waals surface area contributed by atoms with Gasteiger partial charge in [0.25, 0.3) is 5.91 Å². The highest BCUT2D eigenvalue weighted by molar-refractivity contribution is 6.39. The lowest BCUT2D eigenvalue weighted by atomic mass is 10.1. The summed E-state index contributed by atoms with van der Waals surface area (Å²) in [7, 11) is 1.55. The Hall–Kier alpha value is -2.28. The standard InChI is InChI=1S/C16H18FN3O3/c1-19-15(21)7-6-13(18-19)16(22)20-8-9-23-14(10-20)11-2-4-12(17)5-3-11/h2-5,14H,6-10H2,1H3/t14-/m0/s1. The summed E-state index contributed by atoms with van der Waals surface area (Å²) < 4.78 is 18.7. The van der Waals surface area contributed by atoms with Crippen LogP contribution in [0.15, 0.2) is 29.4 Å². The summed E-state index contributed by atoms with van der Waals surface area (Å²) in [6, 6.07) is 6.09. The molecule has 3 rings (SSSR count). The van der Waals surface area contributed by atoms with Gasteiger partial charge in [-0.25, -0.2) is 9.40 Å². The second kappa shape index (κ2) is 6.45. The number of rotatable bonds is 2. The van der Waals surface area contributed by atoms with Crippen LogP contribution < -0.4 is 0 Å². The Morgan fingerprint density at radius 2 is 2.04 bits per heavy atom. The van der Waals surface area contributed by atoms with E-state index in [1.54, 1.807) is 24.1 Å². The van der Waals surface area contributed by atoms with Crippen LogP contribution in [0, 0.1) is 5.82 Å². The first-order chi connectivity index (χ1) is 11.0. The number of carbonyl (C=O) groups excluding carboxylic acids is 2. The highest BCUT2D eigenvalue weighted by atomic mass is 19.1. The molecule has 6 nitrogen and oxygen atoms in total. The molecule has 1 aromatic rings. The molecule has 2 aliphatic rings. The van der Waals surface area contributed by atoms with E-state index < -0.39 is 0 Å². The Morgan fingerprint density at radius 1 is 1.30 bits per heavy atom. The summed E-state index contributed by atoms with van der Waals surface area (Å²) in [5.74, 6) is -0.561. The lowest BCUT2D eigenvalue weighted by Crippen LogP contribution is -2.46. The molecule has 2 amide bonds. The number of amides is 2. The molecule has 0 spiro atoms. The van der Waals surface area contributed by atoms with Crippen LogP contribution in [0.1, 0.15) is 24.5 Å². The molecule has 0 bridgehead atoms. The van der Waals surface area contributed by atoms with Crippen molar-refractivity contribution in [3.8, 4) is 0 Å². The molecule has 0 unspecified atom stereocenters. The van der Waals surface area contributed by atoms with Crippen molar-refractivity contribution in [3.63, 3.8) is 0 Å². The summed E-state index contributed by atoms with van der Waals surface area (Å²) >= 11 is 0. The molecular weight excluding hydrogens is 301 g/mol. The van der Waals surface area contributed by atoms with Crippen molar-refractivity contribution in [1.82, 2.24) is 9.91 Å². The highest BCUT2D eigenvalue weighted by Gasteiger charge is 2.30. The number of benzene rings is 1. The lowest BCUT2D eigenvalue weighted by Gasteiger charge is -2.34. The third-order valence-corrected chi connectivity index (χ3v) is 4.05. The van der Waals surface area contributed by atoms with Gasteiger partial charge in [-0.2, -0.15) is 5.10 Å². The van der Waals surface area contributed by atoms with Crippen LogP contribution in [0.4, 0.5) is 4.39 Å². The second-order valence-electron chi connectivity index (χ2n) is 5.63. The number of nitrogens with zero attached hydrogens (tertiary/aromatic N) is 3. The fourth-order valence-electron chi connectivity index (χ4n) is 2.72. The maximum Gasteiger partial charge on any atom is 0.270 e. The summed E-state index contributed by atoms with van der Waals surface area (Å²) in [5, 5.41) is 5.28. The largest absolute Gasteiger partial charge is 0.370 e. The maximum atomic E-state index is 13.0. The van der Waals surface area contributed by atoms with Gasteiger partial charge in [-0.15, -0.1) is 0 Å². The summed E-state index contributed by atoms with van der Waals surface area (Å²) in [6.45, 7) is 1.28. The topological polar surface area (TPSA) is 62.2 Å². The third-order valence-electron chi connectivity index (χ3n) is 4.05. The first-order valence-electron chi connectivity index (χ1n) is 7.55. The minimum absolute atomic E-state index is 0.0901. The first kappa shape index (κ1) is 15.6. The molecule has 7 heteroatoms. The van der Waals surface area contributed by atoms with E-state index in [1.807, 2.05) is 0 Å². The van der Waals surface area contributed by atoms with Gasteiger partial charge >= 0.3 is 0 Å². The van der Waals surface area contributed by atoms with Crippen molar-refractivity contribution < 1.29 is 18.7 Å². The highest BCUT2D eigenvalue weighted by Crippen LogP contribution is 2.23. The smallest absolute Gasteiger partial charge is 0.270 e. The van der Waals surface area contributed by atoms with Crippen molar-refractivity contribution in [2.45, 2.75) is 18.9 Å². The molecule has 23 heavy (non-hydrogen) atoms. The Labute approximate surface area is 133 Å². The van der Waals surface area contributed by atoms with Gasteiger partial charge in [0.1, 0.15) is 17.6 Å². The zero-order valence-electron chi connectivity index (χ0n) is 12.9. The van der Waals surface area contributed by atoms with Gasteiger partial charge in [0.15, 0.2) is 0 Å². The predicted molar refractivity (Wildman–Crippen MR) is 81.1 cm³/mol. The minimum Gasteiger partial charge on any atom is -0.370 e. The Balaban J connectivity index is 1.71. The van der Waals surface area contributed by atoms with E-state index in [0.29, 0.717) is 38.2 Å². The number of hydrogen-bond acceptors (Lipinski definition) is 4. The Bertz CT molecular complexity index is 644. The molecular formula is C16H18FN3O3. The molecule has 0 radical (unpaired) electrons. The van der Waals surface area contributed by atoms with Crippen LogP contribution in [0.2, 0.25) is 0 Å². The maximum absolute atomic E-state index is 13.0. The number of hydrogen-bond donors (Lipinski definition) is 0. The van der Waals surface area contributed by atoms with Crippen molar-refractivity contribution >= 4 is 17.5 Å². The molecule has 1 atom stereocenters. The SMILES string of the molecule is CN1N=C(C(=O)N2CCO[C@H](c3ccc(F)cc3)C2)CCC1=O. The number of ether oxygens (including phenoxy) is 1. The van der Waals surface area contributed by atoms with E-state index in [0.717, 1.165) is 5.56 Å². The molecule has 0 aliphatic carbocycles. The van der Waals surface area contributed by atoms with E-state index in [4.69, 9.17) is 4.74 Å². The first-order valence-corrected chi connectivity index (χ1v) is 7.55. The number of hydrazone groups is 1. The summed E-state index contributed by atoms with van der Waals surface area (Å²) in [6.07, 6.45) is 0.379. The van der Waals surface area contributed by atoms with Gasteiger partial charge in [0, 0.05) is 26.4 Å². The second-order valence-corrected chi connectivity index (χ2v) is 5.63. The predicted octanol–water partition coefficient (Wildman–Crippen LogP) is 1.33. The molecule has 0 N–H and O–H groups in total. The molecule has 2 aliphatic heterocycles. The van der Waals surface area contributed by atoms with Crippen molar-refractivity contribution in [2.24, 2.45) is 5.10 Å². The average Bonchev–Trinajstić information content (AvgIpc) is 2.57. The van der Waals surface area contributed by atoms with Crippen LogP contribution >= 0.6 is 0 Å². The number of carbonyl (C=O) groups is 2. The zero-order valence-corrected chi connectivity index (χ0v) is 12.9. The molecule has 1 aromatic carbocycles. The van der Waals surface area contributed by atoms with Gasteiger partial charge in [0.05, 0.1) is 13.2 Å². The quantitative estimate of drug-likeness (QED) is 0.826. The van der Waals surface area contributed by atoms with Gasteiger partial charge in [-0.3, -0.25) is 9.59 Å².